The zero-order chi connectivity index (χ0) is 24.2. The highest BCUT2D eigenvalue weighted by atomic mass is 16.5. The highest BCUT2D eigenvalue weighted by molar-refractivity contribution is 5.99. The van der Waals surface area contributed by atoms with E-state index in [2.05, 4.69) is 15.7 Å². The summed E-state index contributed by atoms with van der Waals surface area (Å²) in [6.45, 7) is 3.59. The van der Waals surface area contributed by atoms with Crippen LogP contribution < -0.4 is 20.9 Å². The number of ether oxygens (including phenoxy) is 1. The standard InChI is InChI=1S/C25H25N5O4/c1-16-22(24(32)26-13-18-8-5-4-6-9-18)17(2)29-15-27-30(25(33)23(16)29)14-21(31)28-19-10-7-11-20(12-19)34-3/h4-12,15H,13-14H2,1-3H3,(H,26,32)(H,28,31). The van der Waals surface area contributed by atoms with E-state index in [0.29, 0.717) is 40.3 Å². The van der Waals surface area contributed by atoms with Gasteiger partial charge in [0, 0.05) is 24.0 Å². The molecule has 0 aliphatic rings. The molecule has 0 spiro atoms. The van der Waals surface area contributed by atoms with Crippen LogP contribution in [0.4, 0.5) is 5.69 Å². The van der Waals surface area contributed by atoms with Crippen molar-refractivity contribution >= 4 is 23.0 Å². The first-order valence-electron chi connectivity index (χ1n) is 10.7. The number of aryl methyl sites for hydroxylation is 2. The Labute approximate surface area is 196 Å². The molecule has 0 bridgehead atoms. The number of nitrogens with one attached hydrogen (secondary N) is 2. The number of benzene rings is 2. The van der Waals surface area contributed by atoms with Crippen LogP contribution in [0.5, 0.6) is 5.75 Å². The van der Waals surface area contributed by atoms with Gasteiger partial charge in [0.1, 0.15) is 24.1 Å². The molecule has 0 fully saturated rings. The summed E-state index contributed by atoms with van der Waals surface area (Å²) in [7, 11) is 1.54. The fraction of sp³-hybridized carbons (Fsp3) is 0.200. The van der Waals surface area contributed by atoms with Crippen molar-refractivity contribution < 1.29 is 14.3 Å². The number of nitrogens with zero attached hydrogens (tertiary/aromatic N) is 3. The van der Waals surface area contributed by atoms with Gasteiger partial charge < -0.3 is 15.4 Å². The third kappa shape index (κ3) is 4.54. The molecule has 174 valence electrons. The summed E-state index contributed by atoms with van der Waals surface area (Å²) in [5.74, 6) is -0.0786. The molecule has 2 aromatic carbocycles. The smallest absolute Gasteiger partial charge is 0.291 e. The van der Waals surface area contributed by atoms with Gasteiger partial charge in [0.15, 0.2) is 0 Å². The molecule has 0 saturated heterocycles. The van der Waals surface area contributed by atoms with Crippen LogP contribution in [0.2, 0.25) is 0 Å². The van der Waals surface area contributed by atoms with E-state index in [1.54, 1.807) is 42.5 Å². The lowest BCUT2D eigenvalue weighted by molar-refractivity contribution is -0.117. The Morgan fingerprint density at radius 2 is 1.82 bits per heavy atom. The molecular weight excluding hydrogens is 434 g/mol. The maximum atomic E-state index is 13.2. The molecule has 4 aromatic rings. The summed E-state index contributed by atoms with van der Waals surface area (Å²) in [4.78, 5) is 38.6. The normalized spacial score (nSPS) is 10.8. The minimum Gasteiger partial charge on any atom is -0.497 e. The predicted molar refractivity (Wildman–Crippen MR) is 128 cm³/mol. The molecule has 2 aromatic heterocycles. The number of carbonyl (C=O) groups is 2. The van der Waals surface area contributed by atoms with Crippen molar-refractivity contribution in [2.75, 3.05) is 12.4 Å². The Morgan fingerprint density at radius 1 is 1.06 bits per heavy atom. The molecule has 0 aliphatic carbocycles. The van der Waals surface area contributed by atoms with Gasteiger partial charge >= 0.3 is 0 Å². The molecule has 0 saturated carbocycles. The van der Waals surface area contributed by atoms with E-state index in [9.17, 15) is 14.4 Å². The van der Waals surface area contributed by atoms with Gasteiger partial charge in [-0.2, -0.15) is 5.10 Å². The highest BCUT2D eigenvalue weighted by Crippen LogP contribution is 2.20. The van der Waals surface area contributed by atoms with E-state index >= 15 is 0 Å². The molecule has 9 nitrogen and oxygen atoms in total. The summed E-state index contributed by atoms with van der Waals surface area (Å²) >= 11 is 0. The second-order valence-corrected chi connectivity index (χ2v) is 7.85. The van der Waals surface area contributed by atoms with E-state index < -0.39 is 11.5 Å². The van der Waals surface area contributed by atoms with Crippen LogP contribution in [0.3, 0.4) is 0 Å². The molecule has 0 unspecified atom stereocenters. The van der Waals surface area contributed by atoms with Gasteiger partial charge in [0.05, 0.1) is 12.7 Å². The molecule has 2 amide bonds. The van der Waals surface area contributed by atoms with Crippen molar-refractivity contribution in [3.05, 3.63) is 93.7 Å². The van der Waals surface area contributed by atoms with Gasteiger partial charge in [0.25, 0.3) is 11.5 Å². The van der Waals surface area contributed by atoms with Crippen molar-refractivity contribution in [3.63, 3.8) is 0 Å². The second-order valence-electron chi connectivity index (χ2n) is 7.85. The summed E-state index contributed by atoms with van der Waals surface area (Å²) in [6, 6.07) is 16.5. The molecule has 0 radical (unpaired) electrons. The average molecular weight is 460 g/mol. The Morgan fingerprint density at radius 3 is 2.56 bits per heavy atom. The molecule has 34 heavy (non-hydrogen) atoms. The third-order valence-electron chi connectivity index (χ3n) is 5.61. The third-order valence-corrected chi connectivity index (χ3v) is 5.61. The number of anilines is 1. The van der Waals surface area contributed by atoms with Crippen LogP contribution >= 0.6 is 0 Å². The fourth-order valence-electron chi connectivity index (χ4n) is 3.91. The lowest BCUT2D eigenvalue weighted by atomic mass is 10.1. The minimum atomic E-state index is -0.453. The summed E-state index contributed by atoms with van der Waals surface area (Å²) < 4.78 is 7.83. The van der Waals surface area contributed by atoms with Crippen LogP contribution in [0.25, 0.3) is 5.52 Å². The molecule has 4 rings (SSSR count). The summed E-state index contributed by atoms with van der Waals surface area (Å²) in [6.07, 6.45) is 1.45. The van der Waals surface area contributed by atoms with Crippen molar-refractivity contribution in [2.45, 2.75) is 26.9 Å². The first-order chi connectivity index (χ1) is 16.4. The summed E-state index contributed by atoms with van der Waals surface area (Å²) in [5, 5.41) is 9.78. The van der Waals surface area contributed by atoms with E-state index in [1.807, 2.05) is 30.3 Å². The first-order valence-corrected chi connectivity index (χ1v) is 10.7. The molecule has 9 heteroatoms. The number of fused-ring (bicyclic) bond motifs is 1. The molecule has 2 N–H and O–H groups in total. The van der Waals surface area contributed by atoms with E-state index in [-0.39, 0.29) is 12.5 Å². The monoisotopic (exact) mass is 459 g/mol. The van der Waals surface area contributed by atoms with Gasteiger partial charge in [-0.25, -0.2) is 4.68 Å². The summed E-state index contributed by atoms with van der Waals surface area (Å²) in [5.41, 5.74) is 2.95. The van der Waals surface area contributed by atoms with Gasteiger partial charge in [-0.05, 0) is 37.1 Å². The van der Waals surface area contributed by atoms with E-state index in [1.165, 1.54) is 13.4 Å². The van der Waals surface area contributed by atoms with Crippen LogP contribution in [0, 0.1) is 13.8 Å². The highest BCUT2D eigenvalue weighted by Gasteiger charge is 2.22. The fourth-order valence-corrected chi connectivity index (χ4v) is 3.91. The first kappa shape index (κ1) is 22.8. The molecular formula is C25H25N5O4. The maximum Gasteiger partial charge on any atom is 0.291 e. The van der Waals surface area contributed by atoms with Gasteiger partial charge in [-0.3, -0.25) is 18.8 Å². The number of aromatic nitrogens is 3. The number of amides is 2. The van der Waals surface area contributed by atoms with E-state index in [4.69, 9.17) is 4.74 Å². The minimum absolute atomic E-state index is 0.272. The Bertz CT molecular complexity index is 1420. The topological polar surface area (TPSA) is 107 Å². The Hall–Kier alpha value is -4.40. The maximum absolute atomic E-state index is 13.2. The van der Waals surface area contributed by atoms with Crippen molar-refractivity contribution in [1.82, 2.24) is 19.5 Å². The lowest BCUT2D eigenvalue weighted by Crippen LogP contribution is -2.30. The van der Waals surface area contributed by atoms with E-state index in [0.717, 1.165) is 10.2 Å². The zero-order valence-corrected chi connectivity index (χ0v) is 19.2. The van der Waals surface area contributed by atoms with Crippen LogP contribution in [0.1, 0.15) is 27.2 Å². The van der Waals surface area contributed by atoms with Gasteiger partial charge in [-0.1, -0.05) is 36.4 Å². The predicted octanol–water partition coefficient (Wildman–Crippen LogP) is 2.69. The molecule has 2 heterocycles. The lowest BCUT2D eigenvalue weighted by Gasteiger charge is -2.08. The number of carbonyl (C=O) groups excluding carboxylic acids is 2. The van der Waals surface area contributed by atoms with Crippen molar-refractivity contribution in [1.29, 1.82) is 0 Å². The number of rotatable bonds is 7. The van der Waals surface area contributed by atoms with Gasteiger partial charge in [-0.15, -0.1) is 0 Å². The van der Waals surface area contributed by atoms with Gasteiger partial charge in [0.2, 0.25) is 5.91 Å². The molecule has 0 atom stereocenters. The number of methoxy groups -OCH3 is 1. The molecule has 0 aliphatic heterocycles. The number of hydrogen-bond acceptors (Lipinski definition) is 5. The quantitative estimate of drug-likeness (QED) is 0.442. The van der Waals surface area contributed by atoms with Crippen LogP contribution in [-0.4, -0.2) is 33.1 Å². The average Bonchev–Trinajstić information content (AvgIpc) is 3.10. The number of hydrogen-bond donors (Lipinski definition) is 2. The largest absolute Gasteiger partial charge is 0.497 e. The Kier molecular flexibility index (Phi) is 6.44. The SMILES string of the molecule is COc1cccc(NC(=O)Cn2ncn3c(C)c(C(=O)NCc4ccccc4)c(C)c3c2=O)c1. The zero-order valence-electron chi connectivity index (χ0n) is 19.2. The Balaban J connectivity index is 1.57. The second kappa shape index (κ2) is 9.62. The van der Waals surface area contributed by atoms with Crippen molar-refractivity contribution in [2.24, 2.45) is 0 Å². The van der Waals surface area contributed by atoms with Crippen molar-refractivity contribution in [3.8, 4) is 5.75 Å². The van der Waals surface area contributed by atoms with Crippen LogP contribution in [0.15, 0.2) is 65.7 Å². The van der Waals surface area contributed by atoms with Crippen LogP contribution in [-0.2, 0) is 17.9 Å².